The van der Waals surface area contributed by atoms with Crippen LogP contribution < -0.4 is 5.73 Å². The molecule has 0 amide bonds. The van der Waals surface area contributed by atoms with Gasteiger partial charge in [0, 0.05) is 25.2 Å². The van der Waals surface area contributed by atoms with Crippen molar-refractivity contribution in [2.75, 3.05) is 19.7 Å². The van der Waals surface area contributed by atoms with Gasteiger partial charge in [-0.25, -0.2) is 0 Å². The molecule has 1 aromatic carbocycles. The number of nitrogens with zero attached hydrogens (tertiary/aromatic N) is 1. The Hall–Kier alpha value is -1.39. The first-order chi connectivity index (χ1) is 9.11. The number of nitrogens with two attached hydrogens (primary N) is 1. The van der Waals surface area contributed by atoms with Gasteiger partial charge in [0.05, 0.1) is 13.0 Å². The summed E-state index contributed by atoms with van der Waals surface area (Å²) in [5.41, 5.74) is 7.14. The lowest BCUT2D eigenvalue weighted by Crippen LogP contribution is -2.44. The van der Waals surface area contributed by atoms with E-state index in [1.807, 2.05) is 25.1 Å². The molecule has 0 spiro atoms. The Bertz CT molecular complexity index is 421. The molecule has 2 N–H and O–H groups in total. The third-order valence-electron chi connectivity index (χ3n) is 3.52. The molecule has 4 heteroatoms. The van der Waals surface area contributed by atoms with Gasteiger partial charge in [-0.05, 0) is 18.9 Å². The Morgan fingerprint density at radius 2 is 2.16 bits per heavy atom. The third-order valence-corrected chi connectivity index (χ3v) is 3.52. The van der Waals surface area contributed by atoms with Crippen LogP contribution in [-0.2, 0) is 16.1 Å². The van der Waals surface area contributed by atoms with Crippen molar-refractivity contribution >= 4 is 5.97 Å². The van der Waals surface area contributed by atoms with Crippen molar-refractivity contribution in [1.29, 1.82) is 0 Å². The first kappa shape index (κ1) is 14.0. The van der Waals surface area contributed by atoms with E-state index in [9.17, 15) is 4.79 Å². The van der Waals surface area contributed by atoms with Crippen LogP contribution in [0.3, 0.4) is 0 Å². The van der Waals surface area contributed by atoms with Gasteiger partial charge in [0.15, 0.2) is 0 Å². The minimum Gasteiger partial charge on any atom is -0.466 e. The fourth-order valence-electron chi connectivity index (χ4n) is 2.60. The van der Waals surface area contributed by atoms with Crippen LogP contribution in [0.25, 0.3) is 0 Å². The van der Waals surface area contributed by atoms with E-state index in [4.69, 9.17) is 10.5 Å². The highest BCUT2D eigenvalue weighted by Crippen LogP contribution is 2.24. The largest absolute Gasteiger partial charge is 0.466 e. The second-order valence-corrected chi connectivity index (χ2v) is 5.29. The van der Waals surface area contributed by atoms with Crippen LogP contribution >= 0.6 is 0 Å². The molecule has 1 aromatic rings. The number of ether oxygens (including phenoxy) is 1. The number of likely N-dealkylation sites (tertiary alicyclic amines) is 1. The quantitative estimate of drug-likeness (QED) is 0.818. The van der Waals surface area contributed by atoms with Gasteiger partial charge < -0.3 is 10.5 Å². The molecular weight excluding hydrogens is 240 g/mol. The Morgan fingerprint density at radius 3 is 2.84 bits per heavy atom. The van der Waals surface area contributed by atoms with Crippen LogP contribution in [0.15, 0.2) is 30.3 Å². The summed E-state index contributed by atoms with van der Waals surface area (Å²) in [5, 5.41) is 0. The van der Waals surface area contributed by atoms with Gasteiger partial charge in [0.25, 0.3) is 0 Å². The van der Waals surface area contributed by atoms with E-state index in [0.29, 0.717) is 13.0 Å². The van der Waals surface area contributed by atoms with Crippen molar-refractivity contribution in [1.82, 2.24) is 4.90 Å². The van der Waals surface area contributed by atoms with Crippen molar-refractivity contribution in [2.45, 2.75) is 31.8 Å². The number of carbonyl (C=O) groups is 1. The molecule has 1 aliphatic rings. The number of esters is 1. The Kier molecular flexibility index (Phi) is 4.56. The van der Waals surface area contributed by atoms with E-state index >= 15 is 0 Å². The highest BCUT2D eigenvalue weighted by molar-refractivity contribution is 5.71. The normalized spacial score (nSPS) is 23.5. The van der Waals surface area contributed by atoms with E-state index in [2.05, 4.69) is 17.0 Å². The fourth-order valence-corrected chi connectivity index (χ4v) is 2.60. The van der Waals surface area contributed by atoms with E-state index in [1.54, 1.807) is 0 Å². The summed E-state index contributed by atoms with van der Waals surface area (Å²) in [5.74, 6) is -0.188. The zero-order valence-electron chi connectivity index (χ0n) is 11.5. The fraction of sp³-hybridized carbons (Fsp3) is 0.533. The number of benzene rings is 1. The summed E-state index contributed by atoms with van der Waals surface area (Å²) >= 11 is 0. The van der Waals surface area contributed by atoms with Gasteiger partial charge in [0.1, 0.15) is 0 Å². The molecule has 0 aliphatic carbocycles. The molecule has 1 aliphatic heterocycles. The monoisotopic (exact) mass is 262 g/mol. The van der Waals surface area contributed by atoms with Gasteiger partial charge in [-0.3, -0.25) is 9.69 Å². The van der Waals surface area contributed by atoms with E-state index in [0.717, 1.165) is 26.1 Å². The predicted molar refractivity (Wildman–Crippen MR) is 74.5 cm³/mol. The molecule has 1 saturated heterocycles. The topological polar surface area (TPSA) is 55.6 Å². The maximum atomic E-state index is 11.5. The molecule has 104 valence electrons. The molecule has 2 rings (SSSR count). The van der Waals surface area contributed by atoms with E-state index in [1.165, 1.54) is 5.56 Å². The second-order valence-electron chi connectivity index (χ2n) is 5.29. The SMILES string of the molecule is CCOC(=O)CC1(N)CCN(Cc2ccccc2)C1. The van der Waals surface area contributed by atoms with Gasteiger partial charge in [-0.15, -0.1) is 0 Å². The summed E-state index contributed by atoms with van der Waals surface area (Å²) in [6, 6.07) is 10.3. The van der Waals surface area contributed by atoms with Gasteiger partial charge >= 0.3 is 5.97 Å². The molecule has 0 bridgehead atoms. The molecule has 1 heterocycles. The van der Waals surface area contributed by atoms with Crippen LogP contribution in [0.2, 0.25) is 0 Å². The Morgan fingerprint density at radius 1 is 1.42 bits per heavy atom. The highest BCUT2D eigenvalue weighted by atomic mass is 16.5. The Labute approximate surface area is 114 Å². The smallest absolute Gasteiger partial charge is 0.307 e. The van der Waals surface area contributed by atoms with Crippen molar-refractivity contribution in [3.05, 3.63) is 35.9 Å². The average Bonchev–Trinajstić information content (AvgIpc) is 2.72. The van der Waals surface area contributed by atoms with Gasteiger partial charge in [0.2, 0.25) is 0 Å². The summed E-state index contributed by atoms with van der Waals surface area (Å²) in [4.78, 5) is 13.8. The third kappa shape index (κ3) is 4.04. The van der Waals surface area contributed by atoms with E-state index < -0.39 is 5.54 Å². The lowest BCUT2D eigenvalue weighted by atomic mass is 9.96. The lowest BCUT2D eigenvalue weighted by Gasteiger charge is -2.23. The first-order valence-corrected chi connectivity index (χ1v) is 6.82. The average molecular weight is 262 g/mol. The maximum Gasteiger partial charge on any atom is 0.307 e. The molecule has 1 atom stereocenters. The van der Waals surface area contributed by atoms with Gasteiger partial charge in [-0.1, -0.05) is 30.3 Å². The summed E-state index contributed by atoms with van der Waals surface area (Å²) in [6.07, 6.45) is 1.16. The maximum absolute atomic E-state index is 11.5. The number of rotatable bonds is 5. The molecule has 19 heavy (non-hydrogen) atoms. The number of hydrogen-bond acceptors (Lipinski definition) is 4. The minimum absolute atomic E-state index is 0.188. The standard InChI is InChI=1S/C15H22N2O2/c1-2-19-14(18)10-15(16)8-9-17(12-15)11-13-6-4-3-5-7-13/h3-7H,2,8-12,16H2,1H3. The molecule has 0 saturated carbocycles. The zero-order chi connectivity index (χ0) is 13.7. The summed E-state index contributed by atoms with van der Waals surface area (Å²) in [7, 11) is 0. The van der Waals surface area contributed by atoms with Crippen molar-refractivity contribution in [3.63, 3.8) is 0 Å². The highest BCUT2D eigenvalue weighted by Gasteiger charge is 2.36. The number of carbonyl (C=O) groups excluding carboxylic acids is 1. The molecule has 0 radical (unpaired) electrons. The number of hydrogen-bond donors (Lipinski definition) is 1. The van der Waals surface area contributed by atoms with Crippen LogP contribution in [0.1, 0.15) is 25.3 Å². The van der Waals surface area contributed by atoms with Crippen LogP contribution in [0, 0.1) is 0 Å². The summed E-state index contributed by atoms with van der Waals surface area (Å²) < 4.78 is 4.99. The second kappa shape index (κ2) is 6.17. The molecule has 1 fully saturated rings. The Balaban J connectivity index is 1.87. The van der Waals surface area contributed by atoms with Gasteiger partial charge in [-0.2, -0.15) is 0 Å². The van der Waals surface area contributed by atoms with Crippen LogP contribution in [-0.4, -0.2) is 36.1 Å². The molecule has 0 aromatic heterocycles. The molecular formula is C15H22N2O2. The molecule has 4 nitrogen and oxygen atoms in total. The van der Waals surface area contributed by atoms with Crippen molar-refractivity contribution in [3.8, 4) is 0 Å². The summed E-state index contributed by atoms with van der Waals surface area (Å²) in [6.45, 7) is 4.81. The molecule has 1 unspecified atom stereocenters. The zero-order valence-corrected chi connectivity index (χ0v) is 11.5. The minimum atomic E-state index is -0.430. The predicted octanol–water partition coefficient (Wildman–Crippen LogP) is 1.54. The van der Waals surface area contributed by atoms with Crippen LogP contribution in [0.5, 0.6) is 0 Å². The van der Waals surface area contributed by atoms with Crippen molar-refractivity contribution in [2.24, 2.45) is 5.73 Å². The van der Waals surface area contributed by atoms with Crippen molar-refractivity contribution < 1.29 is 9.53 Å². The van der Waals surface area contributed by atoms with Crippen LogP contribution in [0.4, 0.5) is 0 Å². The van der Waals surface area contributed by atoms with E-state index in [-0.39, 0.29) is 5.97 Å². The lowest BCUT2D eigenvalue weighted by molar-refractivity contribution is -0.144. The first-order valence-electron chi connectivity index (χ1n) is 6.82.